The van der Waals surface area contributed by atoms with Gasteiger partial charge in [-0.3, -0.25) is 4.68 Å². The molecule has 16 heavy (non-hydrogen) atoms. The summed E-state index contributed by atoms with van der Waals surface area (Å²) in [5.41, 5.74) is 7.11. The predicted molar refractivity (Wildman–Crippen MR) is 60.7 cm³/mol. The molecule has 2 heterocycles. The zero-order valence-electron chi connectivity index (χ0n) is 10.2. The van der Waals surface area contributed by atoms with Gasteiger partial charge in [-0.15, -0.1) is 5.10 Å². The van der Waals surface area contributed by atoms with Gasteiger partial charge < -0.3 is 10.5 Å². The summed E-state index contributed by atoms with van der Waals surface area (Å²) in [5, 5.41) is 8.24. The van der Waals surface area contributed by atoms with Crippen molar-refractivity contribution in [3.05, 3.63) is 11.9 Å². The third kappa shape index (κ3) is 2.25. The molecule has 0 spiro atoms. The van der Waals surface area contributed by atoms with Gasteiger partial charge in [0.15, 0.2) is 0 Å². The lowest BCUT2D eigenvalue weighted by Gasteiger charge is -2.37. The van der Waals surface area contributed by atoms with Crippen molar-refractivity contribution in [3.8, 4) is 0 Å². The summed E-state index contributed by atoms with van der Waals surface area (Å²) in [5.74, 6) is 0.382. The van der Waals surface area contributed by atoms with Gasteiger partial charge in [0.25, 0.3) is 0 Å². The zero-order valence-corrected chi connectivity index (χ0v) is 10.2. The maximum atomic E-state index is 6.02. The van der Waals surface area contributed by atoms with Gasteiger partial charge in [-0.2, -0.15) is 0 Å². The molecule has 0 aromatic carbocycles. The van der Waals surface area contributed by atoms with Crippen LogP contribution in [0.2, 0.25) is 0 Å². The molecule has 1 fully saturated rings. The number of hydrogen-bond donors (Lipinski definition) is 1. The lowest BCUT2D eigenvalue weighted by atomic mass is 9.89. The quantitative estimate of drug-likeness (QED) is 0.827. The van der Waals surface area contributed by atoms with Crippen molar-refractivity contribution in [1.29, 1.82) is 0 Å². The second kappa shape index (κ2) is 4.14. The number of rotatable bonds is 4. The topological polar surface area (TPSA) is 66.0 Å². The molecule has 90 valence electrons. The molecular formula is C11H20N4O. The molecule has 0 aliphatic carbocycles. The fraction of sp³-hybridized carbons (Fsp3) is 0.818. The summed E-state index contributed by atoms with van der Waals surface area (Å²) >= 11 is 0. The Kier molecular flexibility index (Phi) is 2.99. The Balaban J connectivity index is 2.02. The summed E-state index contributed by atoms with van der Waals surface area (Å²) in [6.45, 7) is 8.83. The number of hydrogen-bond acceptors (Lipinski definition) is 4. The minimum absolute atomic E-state index is 0.0285. The summed E-state index contributed by atoms with van der Waals surface area (Å²) in [4.78, 5) is 0. The molecule has 0 radical (unpaired) electrons. The lowest BCUT2D eigenvalue weighted by Crippen LogP contribution is -2.43. The fourth-order valence-electron chi connectivity index (χ4n) is 1.82. The van der Waals surface area contributed by atoms with E-state index in [0.717, 1.165) is 25.5 Å². The largest absolute Gasteiger partial charge is 0.380 e. The van der Waals surface area contributed by atoms with Crippen molar-refractivity contribution in [1.82, 2.24) is 15.0 Å². The van der Waals surface area contributed by atoms with Gasteiger partial charge in [0, 0.05) is 5.41 Å². The van der Waals surface area contributed by atoms with Crippen LogP contribution in [0.4, 0.5) is 0 Å². The molecule has 1 aliphatic rings. The standard InChI is InChI=1S/C11H20N4O/c1-8(2)10(12)9-4-15(14-13-9)5-11(3)6-16-7-11/h4,8,10H,5-7,12H2,1-3H3. The third-order valence-electron chi connectivity index (χ3n) is 3.06. The van der Waals surface area contributed by atoms with E-state index in [2.05, 4.69) is 31.1 Å². The summed E-state index contributed by atoms with van der Waals surface area (Å²) < 4.78 is 7.09. The van der Waals surface area contributed by atoms with Gasteiger partial charge in [0.2, 0.25) is 0 Å². The zero-order chi connectivity index (χ0) is 11.8. The fourth-order valence-corrected chi connectivity index (χ4v) is 1.82. The van der Waals surface area contributed by atoms with Crippen LogP contribution in [0.25, 0.3) is 0 Å². The molecule has 2 N–H and O–H groups in total. The number of aromatic nitrogens is 3. The summed E-state index contributed by atoms with van der Waals surface area (Å²) in [6.07, 6.45) is 1.95. The molecular weight excluding hydrogens is 204 g/mol. The van der Waals surface area contributed by atoms with E-state index in [1.54, 1.807) is 0 Å². The Hall–Kier alpha value is -0.940. The Morgan fingerprint density at radius 2 is 2.25 bits per heavy atom. The molecule has 1 atom stereocenters. The van der Waals surface area contributed by atoms with Crippen molar-refractivity contribution in [2.24, 2.45) is 17.1 Å². The molecule has 0 bridgehead atoms. The molecule has 1 unspecified atom stereocenters. The van der Waals surface area contributed by atoms with Crippen LogP contribution in [0.15, 0.2) is 6.20 Å². The van der Waals surface area contributed by atoms with E-state index < -0.39 is 0 Å². The Morgan fingerprint density at radius 3 is 2.75 bits per heavy atom. The van der Waals surface area contributed by atoms with Gasteiger partial charge in [-0.25, -0.2) is 0 Å². The Labute approximate surface area is 96.0 Å². The third-order valence-corrected chi connectivity index (χ3v) is 3.06. The van der Waals surface area contributed by atoms with Crippen molar-refractivity contribution >= 4 is 0 Å². The summed E-state index contributed by atoms with van der Waals surface area (Å²) in [7, 11) is 0. The molecule has 5 nitrogen and oxygen atoms in total. The van der Waals surface area contributed by atoms with Crippen LogP contribution in [0.5, 0.6) is 0 Å². The van der Waals surface area contributed by atoms with Crippen LogP contribution in [-0.2, 0) is 11.3 Å². The molecule has 1 aromatic rings. The SMILES string of the molecule is CC(C)C(N)c1cn(CC2(C)COC2)nn1. The molecule has 1 saturated heterocycles. The summed E-state index contributed by atoms with van der Waals surface area (Å²) in [6, 6.07) is -0.0285. The van der Waals surface area contributed by atoms with Crippen LogP contribution < -0.4 is 5.73 Å². The van der Waals surface area contributed by atoms with Crippen molar-refractivity contribution in [2.45, 2.75) is 33.4 Å². The van der Waals surface area contributed by atoms with Crippen LogP contribution >= 0.6 is 0 Å². The molecule has 1 aromatic heterocycles. The smallest absolute Gasteiger partial charge is 0.0996 e. The van der Waals surface area contributed by atoms with Crippen LogP contribution in [0.3, 0.4) is 0 Å². The average molecular weight is 224 g/mol. The maximum absolute atomic E-state index is 6.02. The monoisotopic (exact) mass is 224 g/mol. The van der Waals surface area contributed by atoms with Gasteiger partial charge >= 0.3 is 0 Å². The van der Waals surface area contributed by atoms with Gasteiger partial charge in [0.1, 0.15) is 0 Å². The highest BCUT2D eigenvalue weighted by Gasteiger charge is 2.34. The second-order valence-electron chi connectivity index (χ2n) is 5.41. The number of nitrogens with two attached hydrogens (primary N) is 1. The van der Waals surface area contributed by atoms with E-state index in [4.69, 9.17) is 10.5 Å². The lowest BCUT2D eigenvalue weighted by molar-refractivity contribution is -0.111. The van der Waals surface area contributed by atoms with E-state index in [1.165, 1.54) is 0 Å². The first-order chi connectivity index (χ1) is 7.50. The number of nitrogens with zero attached hydrogens (tertiary/aromatic N) is 3. The van der Waals surface area contributed by atoms with Gasteiger partial charge in [-0.05, 0) is 5.92 Å². The minimum Gasteiger partial charge on any atom is -0.380 e. The second-order valence-corrected chi connectivity index (χ2v) is 5.41. The van der Waals surface area contributed by atoms with Crippen LogP contribution in [0.1, 0.15) is 32.5 Å². The van der Waals surface area contributed by atoms with E-state index in [1.807, 2.05) is 10.9 Å². The normalized spacial score (nSPS) is 20.8. The van der Waals surface area contributed by atoms with E-state index in [9.17, 15) is 0 Å². The first-order valence-corrected chi connectivity index (χ1v) is 5.73. The highest BCUT2D eigenvalue weighted by molar-refractivity contribution is 5.01. The van der Waals surface area contributed by atoms with Crippen molar-refractivity contribution < 1.29 is 4.74 Å². The van der Waals surface area contributed by atoms with E-state index in [0.29, 0.717) is 5.92 Å². The predicted octanol–water partition coefficient (Wildman–Crippen LogP) is 0.970. The van der Waals surface area contributed by atoms with Crippen LogP contribution in [-0.4, -0.2) is 28.2 Å². The maximum Gasteiger partial charge on any atom is 0.0996 e. The molecule has 1 aliphatic heterocycles. The molecule has 0 saturated carbocycles. The Morgan fingerprint density at radius 1 is 1.56 bits per heavy atom. The Bertz CT molecular complexity index is 357. The molecule has 2 rings (SSSR count). The first-order valence-electron chi connectivity index (χ1n) is 5.73. The van der Waals surface area contributed by atoms with E-state index in [-0.39, 0.29) is 11.5 Å². The van der Waals surface area contributed by atoms with Gasteiger partial charge in [-0.1, -0.05) is 26.0 Å². The average Bonchev–Trinajstić information content (AvgIpc) is 2.62. The number of ether oxygens (including phenoxy) is 1. The molecule has 0 amide bonds. The first kappa shape index (κ1) is 11.5. The van der Waals surface area contributed by atoms with Gasteiger partial charge in [0.05, 0.1) is 37.7 Å². The van der Waals surface area contributed by atoms with Crippen molar-refractivity contribution in [2.75, 3.05) is 13.2 Å². The van der Waals surface area contributed by atoms with Crippen molar-refractivity contribution in [3.63, 3.8) is 0 Å². The highest BCUT2D eigenvalue weighted by Crippen LogP contribution is 2.28. The van der Waals surface area contributed by atoms with Crippen LogP contribution in [0, 0.1) is 11.3 Å². The minimum atomic E-state index is -0.0285. The molecule has 5 heteroatoms. The van der Waals surface area contributed by atoms with E-state index >= 15 is 0 Å². The highest BCUT2D eigenvalue weighted by atomic mass is 16.5.